The third kappa shape index (κ3) is 14.3. The predicted octanol–water partition coefficient (Wildman–Crippen LogP) is 6.22. The molecule has 2 saturated heterocycles. The van der Waals surface area contributed by atoms with Crippen molar-refractivity contribution in [1.82, 2.24) is 19.2 Å². The molecule has 6 rings (SSSR count). The lowest BCUT2D eigenvalue weighted by atomic mass is 10.1. The number of halogens is 1. The van der Waals surface area contributed by atoms with Gasteiger partial charge in [0.25, 0.3) is 0 Å². The number of nitrogens with zero attached hydrogens (tertiary/aromatic N) is 2. The average Bonchev–Trinajstić information content (AvgIpc) is 3.19. The SMILES string of the molecule is O=C(CCc1ccccc1)NC1CCCN(S(=O)(=O)Cc2ccc(Br)cc2)C1.O=C(CCc1ccccc1)NC1CCCN(S(=O)(=O)Cc2ccccc2)C1. The molecule has 10 nitrogen and oxygen atoms in total. The Morgan fingerprint density at radius 3 is 1.31 bits per heavy atom. The van der Waals surface area contributed by atoms with Crippen LogP contribution in [-0.4, -0.2) is 75.5 Å². The van der Waals surface area contributed by atoms with E-state index in [4.69, 9.17) is 0 Å². The molecule has 0 bridgehead atoms. The first-order valence-electron chi connectivity index (χ1n) is 18.9. The summed E-state index contributed by atoms with van der Waals surface area (Å²) in [4.78, 5) is 24.5. The normalized spacial score (nSPS) is 18.1. The Hall–Kier alpha value is -3.88. The molecule has 2 unspecified atom stereocenters. The van der Waals surface area contributed by atoms with Crippen molar-refractivity contribution in [3.63, 3.8) is 0 Å². The smallest absolute Gasteiger partial charge is 0.220 e. The molecule has 0 aromatic heterocycles. The number of piperidine rings is 2. The van der Waals surface area contributed by atoms with Gasteiger partial charge in [0.15, 0.2) is 0 Å². The predicted molar refractivity (Wildman–Crippen MR) is 221 cm³/mol. The molecule has 0 radical (unpaired) electrons. The summed E-state index contributed by atoms with van der Waals surface area (Å²) in [7, 11) is -6.78. The van der Waals surface area contributed by atoms with Gasteiger partial charge in [-0.15, -0.1) is 0 Å². The summed E-state index contributed by atoms with van der Waals surface area (Å²) in [6.07, 6.45) is 5.33. The zero-order valence-electron chi connectivity index (χ0n) is 31.1. The lowest BCUT2D eigenvalue weighted by molar-refractivity contribution is -0.122. The van der Waals surface area contributed by atoms with Crippen LogP contribution < -0.4 is 10.6 Å². The number of hydrogen-bond donors (Lipinski definition) is 2. The quantitative estimate of drug-likeness (QED) is 0.155. The highest BCUT2D eigenvalue weighted by atomic mass is 79.9. The van der Waals surface area contributed by atoms with Crippen molar-refractivity contribution in [1.29, 1.82) is 0 Å². The number of nitrogens with one attached hydrogen (secondary N) is 2. The molecule has 2 atom stereocenters. The van der Waals surface area contributed by atoms with Crippen molar-refractivity contribution < 1.29 is 26.4 Å². The van der Waals surface area contributed by atoms with E-state index in [0.717, 1.165) is 52.4 Å². The molecular weight excluding hydrogens is 801 g/mol. The van der Waals surface area contributed by atoms with Crippen LogP contribution in [0.25, 0.3) is 0 Å². The van der Waals surface area contributed by atoms with Crippen molar-refractivity contribution in [2.45, 2.75) is 75.0 Å². The van der Waals surface area contributed by atoms with Gasteiger partial charge in [-0.25, -0.2) is 16.8 Å². The van der Waals surface area contributed by atoms with Crippen molar-refractivity contribution >= 4 is 47.8 Å². The Morgan fingerprint density at radius 2 is 0.909 bits per heavy atom. The van der Waals surface area contributed by atoms with Crippen LogP contribution in [-0.2, 0) is 54.0 Å². The fourth-order valence-electron chi connectivity index (χ4n) is 6.79. The van der Waals surface area contributed by atoms with Gasteiger partial charge in [0.2, 0.25) is 31.9 Å². The van der Waals surface area contributed by atoms with Gasteiger partial charge in [-0.2, -0.15) is 8.61 Å². The first-order chi connectivity index (χ1) is 26.4. The maximum Gasteiger partial charge on any atom is 0.220 e. The maximum atomic E-state index is 12.8. The largest absolute Gasteiger partial charge is 0.352 e. The number of carbonyl (C=O) groups excluding carboxylic acids is 2. The maximum absolute atomic E-state index is 12.8. The van der Waals surface area contributed by atoms with Gasteiger partial charge in [-0.3, -0.25) is 9.59 Å². The highest BCUT2D eigenvalue weighted by Crippen LogP contribution is 2.20. The minimum atomic E-state index is -3.41. The minimum Gasteiger partial charge on any atom is -0.352 e. The summed E-state index contributed by atoms with van der Waals surface area (Å²) in [5.74, 6) is -0.0653. The van der Waals surface area contributed by atoms with E-state index < -0.39 is 20.0 Å². The molecule has 2 heterocycles. The third-order valence-electron chi connectivity index (χ3n) is 9.71. The van der Waals surface area contributed by atoms with Crippen LogP contribution in [0.4, 0.5) is 0 Å². The number of rotatable bonds is 14. The lowest BCUT2D eigenvalue weighted by Crippen LogP contribution is -2.49. The molecule has 2 amide bonds. The van der Waals surface area contributed by atoms with E-state index in [0.29, 0.717) is 51.9 Å². The Morgan fingerprint density at radius 1 is 0.545 bits per heavy atom. The van der Waals surface area contributed by atoms with Gasteiger partial charge in [0.05, 0.1) is 11.5 Å². The van der Waals surface area contributed by atoms with Gasteiger partial charge >= 0.3 is 0 Å². The van der Waals surface area contributed by atoms with Gasteiger partial charge in [-0.05, 0) is 72.9 Å². The topological polar surface area (TPSA) is 133 Å². The average molecular weight is 852 g/mol. The van der Waals surface area contributed by atoms with Crippen LogP contribution in [0.15, 0.2) is 120 Å². The molecule has 2 aliphatic heterocycles. The second-order valence-corrected chi connectivity index (χ2v) is 19.0. The summed E-state index contributed by atoms with van der Waals surface area (Å²) in [5.41, 5.74) is 3.80. The Labute approximate surface area is 334 Å². The van der Waals surface area contributed by atoms with Crippen LogP contribution in [0, 0.1) is 0 Å². The Bertz CT molecular complexity index is 2020. The Balaban J connectivity index is 0.000000211. The number of amides is 2. The lowest BCUT2D eigenvalue weighted by Gasteiger charge is -2.32. The molecular formula is C42H51BrN4O6S2. The van der Waals surface area contributed by atoms with Crippen LogP contribution in [0.3, 0.4) is 0 Å². The molecule has 55 heavy (non-hydrogen) atoms. The molecule has 0 spiro atoms. The molecule has 0 aliphatic carbocycles. The van der Waals surface area contributed by atoms with E-state index in [1.807, 2.05) is 115 Å². The zero-order chi connectivity index (χ0) is 39.1. The highest BCUT2D eigenvalue weighted by molar-refractivity contribution is 9.10. The van der Waals surface area contributed by atoms with Crippen molar-refractivity contribution in [3.05, 3.63) is 142 Å². The molecule has 13 heteroatoms. The number of benzene rings is 4. The molecule has 2 N–H and O–H groups in total. The van der Waals surface area contributed by atoms with E-state index in [-0.39, 0.29) is 35.4 Å². The van der Waals surface area contributed by atoms with Crippen molar-refractivity contribution in [2.24, 2.45) is 0 Å². The number of aryl methyl sites for hydroxylation is 2. The highest BCUT2D eigenvalue weighted by Gasteiger charge is 2.31. The summed E-state index contributed by atoms with van der Waals surface area (Å²) in [6.45, 7) is 1.73. The molecule has 4 aromatic carbocycles. The second-order valence-electron chi connectivity index (χ2n) is 14.1. The fraction of sp³-hybridized carbons (Fsp3) is 0.381. The second kappa shape index (κ2) is 20.9. The minimum absolute atomic E-state index is 0.00249. The van der Waals surface area contributed by atoms with E-state index in [1.54, 1.807) is 0 Å². The van der Waals surface area contributed by atoms with Gasteiger partial charge in [0.1, 0.15) is 0 Å². The van der Waals surface area contributed by atoms with Gasteiger partial charge in [0, 0.05) is 55.6 Å². The summed E-state index contributed by atoms with van der Waals surface area (Å²) < 4.78 is 54.9. The molecule has 2 fully saturated rings. The van der Waals surface area contributed by atoms with E-state index in [1.165, 1.54) is 8.61 Å². The first-order valence-corrected chi connectivity index (χ1v) is 22.9. The monoisotopic (exact) mass is 850 g/mol. The first kappa shape index (κ1) is 42.3. The zero-order valence-corrected chi connectivity index (χ0v) is 34.3. The van der Waals surface area contributed by atoms with Crippen molar-refractivity contribution in [3.8, 4) is 0 Å². The summed E-state index contributed by atoms with van der Waals surface area (Å²) in [6, 6.07) is 36.1. The fourth-order valence-corrected chi connectivity index (χ4v) is 10.3. The Kier molecular flexibility index (Phi) is 16.0. The number of hydrogen-bond acceptors (Lipinski definition) is 6. The van der Waals surface area contributed by atoms with Gasteiger partial charge in [-0.1, -0.05) is 119 Å². The molecule has 0 saturated carbocycles. The molecule has 294 valence electrons. The van der Waals surface area contributed by atoms with Crippen LogP contribution in [0.5, 0.6) is 0 Å². The molecule has 4 aromatic rings. The van der Waals surface area contributed by atoms with Gasteiger partial charge < -0.3 is 10.6 Å². The van der Waals surface area contributed by atoms with Crippen molar-refractivity contribution in [2.75, 3.05) is 26.2 Å². The summed E-state index contributed by atoms with van der Waals surface area (Å²) in [5, 5.41) is 6.02. The van der Waals surface area contributed by atoms with Crippen LogP contribution in [0.2, 0.25) is 0 Å². The summed E-state index contributed by atoms with van der Waals surface area (Å²) >= 11 is 3.36. The number of sulfonamides is 2. The van der Waals surface area contributed by atoms with E-state index in [2.05, 4.69) is 26.6 Å². The molecule has 2 aliphatic rings. The van der Waals surface area contributed by atoms with Crippen LogP contribution >= 0.6 is 15.9 Å². The standard InChI is InChI=1S/C21H25BrN2O3S.C21H26N2O3S/c22-19-11-8-18(9-12-19)16-28(26,27)24-14-4-7-20(15-24)23-21(25)13-10-17-5-2-1-3-6-17;24-21(14-13-18-8-3-1-4-9-18)22-20-12-7-15-23(16-20)27(25,26)17-19-10-5-2-6-11-19/h1-3,5-6,8-9,11-12,20H,4,7,10,13-16H2,(H,23,25);1-6,8-11,20H,7,12-17H2,(H,22,24). The van der Waals surface area contributed by atoms with E-state index >= 15 is 0 Å². The van der Waals surface area contributed by atoms with E-state index in [9.17, 15) is 26.4 Å². The van der Waals surface area contributed by atoms with Crippen LogP contribution in [0.1, 0.15) is 60.8 Å². The number of carbonyl (C=O) groups is 2. The third-order valence-corrected chi connectivity index (χ3v) is 13.9.